The van der Waals surface area contributed by atoms with Crippen molar-refractivity contribution in [1.29, 1.82) is 0 Å². The molecule has 0 saturated heterocycles. The van der Waals surface area contributed by atoms with Crippen molar-refractivity contribution in [2.75, 3.05) is 27.7 Å². The zero-order valence-corrected chi connectivity index (χ0v) is 13.5. The molecule has 0 aliphatic carbocycles. The molecule has 1 N–H and O–H groups in total. The van der Waals surface area contributed by atoms with Crippen LogP contribution >= 0.6 is 15.9 Å². The van der Waals surface area contributed by atoms with Crippen LogP contribution < -0.4 is 10.1 Å². The van der Waals surface area contributed by atoms with E-state index in [0.717, 1.165) is 23.3 Å². The van der Waals surface area contributed by atoms with Gasteiger partial charge in [0.05, 0.1) is 11.6 Å². The fourth-order valence-electron chi connectivity index (χ4n) is 1.86. The Morgan fingerprint density at radius 3 is 2.56 bits per heavy atom. The van der Waals surface area contributed by atoms with Gasteiger partial charge < -0.3 is 10.1 Å². The van der Waals surface area contributed by atoms with Crippen LogP contribution in [0.4, 0.5) is 0 Å². The third-order valence-corrected chi connectivity index (χ3v) is 3.90. The summed E-state index contributed by atoms with van der Waals surface area (Å²) in [5, 5.41) is 3.23. The molecule has 0 aliphatic rings. The van der Waals surface area contributed by atoms with Crippen LogP contribution in [0.15, 0.2) is 22.7 Å². The van der Waals surface area contributed by atoms with Crippen LogP contribution in [0.5, 0.6) is 5.75 Å². The zero-order valence-electron chi connectivity index (χ0n) is 11.9. The van der Waals surface area contributed by atoms with Crippen LogP contribution in [0.3, 0.4) is 0 Å². The van der Waals surface area contributed by atoms with Crippen LogP contribution in [-0.2, 0) is 6.54 Å². The molecule has 102 valence electrons. The molecule has 1 rings (SSSR count). The number of nitrogens with zero attached hydrogens (tertiary/aromatic N) is 1. The molecule has 0 atom stereocenters. The van der Waals surface area contributed by atoms with Crippen molar-refractivity contribution in [1.82, 2.24) is 10.2 Å². The first-order valence-corrected chi connectivity index (χ1v) is 6.88. The summed E-state index contributed by atoms with van der Waals surface area (Å²) in [4.78, 5) is 2.34. The van der Waals surface area contributed by atoms with E-state index in [2.05, 4.69) is 59.2 Å². The second kappa shape index (κ2) is 6.55. The lowest BCUT2D eigenvalue weighted by atomic mass is 10.0. The van der Waals surface area contributed by atoms with E-state index in [9.17, 15) is 0 Å². The normalized spacial score (nSPS) is 11.9. The number of nitrogens with one attached hydrogen (secondary N) is 1. The largest absolute Gasteiger partial charge is 0.496 e. The summed E-state index contributed by atoms with van der Waals surface area (Å²) in [5.41, 5.74) is 1.40. The molecule has 1 aromatic rings. The number of rotatable bonds is 6. The molecule has 1 aromatic carbocycles. The minimum atomic E-state index is 0.126. The quantitative estimate of drug-likeness (QED) is 0.873. The smallest absolute Gasteiger partial charge is 0.133 e. The molecule has 0 heterocycles. The second-order valence-electron chi connectivity index (χ2n) is 5.17. The van der Waals surface area contributed by atoms with Crippen molar-refractivity contribution in [3.05, 3.63) is 28.2 Å². The van der Waals surface area contributed by atoms with Gasteiger partial charge in [-0.1, -0.05) is 6.07 Å². The number of ether oxygens (including phenoxy) is 1. The maximum Gasteiger partial charge on any atom is 0.133 e. The summed E-state index contributed by atoms with van der Waals surface area (Å²) in [6.45, 7) is 6.35. The van der Waals surface area contributed by atoms with Crippen molar-refractivity contribution in [2.45, 2.75) is 25.9 Å². The van der Waals surface area contributed by atoms with E-state index in [4.69, 9.17) is 4.74 Å². The van der Waals surface area contributed by atoms with E-state index in [1.807, 2.05) is 13.1 Å². The summed E-state index contributed by atoms with van der Waals surface area (Å²) >= 11 is 3.52. The molecule has 0 saturated carbocycles. The van der Waals surface area contributed by atoms with Gasteiger partial charge in [-0.25, -0.2) is 0 Å². The van der Waals surface area contributed by atoms with Crippen LogP contribution in [-0.4, -0.2) is 38.2 Å². The fourth-order valence-corrected chi connectivity index (χ4v) is 2.45. The Kier molecular flexibility index (Phi) is 5.63. The zero-order chi connectivity index (χ0) is 13.8. The third-order valence-electron chi connectivity index (χ3n) is 3.28. The summed E-state index contributed by atoms with van der Waals surface area (Å²) < 4.78 is 6.24. The highest BCUT2D eigenvalue weighted by atomic mass is 79.9. The topological polar surface area (TPSA) is 24.5 Å². The molecule has 0 aromatic heterocycles. The standard InChI is InChI=1S/C14H23BrN2O/c1-14(2,10-16-3)17(4)9-11-6-7-13(18-5)12(15)8-11/h6-8,16H,9-10H2,1-5H3. The van der Waals surface area contributed by atoms with E-state index in [0.29, 0.717) is 0 Å². The van der Waals surface area contributed by atoms with Gasteiger partial charge in [-0.3, -0.25) is 4.90 Å². The summed E-state index contributed by atoms with van der Waals surface area (Å²) in [7, 11) is 5.82. The van der Waals surface area contributed by atoms with Gasteiger partial charge in [0.1, 0.15) is 5.75 Å². The number of benzene rings is 1. The van der Waals surface area contributed by atoms with Gasteiger partial charge in [0.2, 0.25) is 0 Å². The van der Waals surface area contributed by atoms with Gasteiger partial charge in [-0.15, -0.1) is 0 Å². The first-order valence-electron chi connectivity index (χ1n) is 6.09. The average Bonchev–Trinajstić information content (AvgIpc) is 2.29. The van der Waals surface area contributed by atoms with Crippen LogP contribution in [0.2, 0.25) is 0 Å². The molecule has 0 spiro atoms. The molecular weight excluding hydrogens is 292 g/mol. The number of hydrogen-bond donors (Lipinski definition) is 1. The van der Waals surface area contributed by atoms with E-state index in [1.54, 1.807) is 7.11 Å². The predicted molar refractivity (Wildman–Crippen MR) is 80.2 cm³/mol. The van der Waals surface area contributed by atoms with Crippen molar-refractivity contribution in [3.63, 3.8) is 0 Å². The molecule has 0 amide bonds. The molecular formula is C14H23BrN2O. The van der Waals surface area contributed by atoms with E-state index >= 15 is 0 Å². The first-order chi connectivity index (χ1) is 8.40. The Labute approximate surface area is 119 Å². The van der Waals surface area contributed by atoms with E-state index < -0.39 is 0 Å². The molecule has 0 fully saturated rings. The van der Waals surface area contributed by atoms with E-state index in [1.165, 1.54) is 5.56 Å². The molecule has 0 aliphatic heterocycles. The highest BCUT2D eigenvalue weighted by Crippen LogP contribution is 2.26. The van der Waals surface area contributed by atoms with Crippen molar-refractivity contribution >= 4 is 15.9 Å². The monoisotopic (exact) mass is 314 g/mol. The summed E-state index contributed by atoms with van der Waals surface area (Å²) in [5.74, 6) is 0.871. The second-order valence-corrected chi connectivity index (χ2v) is 6.02. The maximum absolute atomic E-state index is 5.24. The molecule has 0 bridgehead atoms. The van der Waals surface area contributed by atoms with Crippen molar-refractivity contribution < 1.29 is 4.74 Å². The predicted octanol–water partition coefficient (Wildman–Crippen LogP) is 2.89. The van der Waals surface area contributed by atoms with Gasteiger partial charge in [0.25, 0.3) is 0 Å². The highest BCUT2D eigenvalue weighted by Gasteiger charge is 2.22. The fraction of sp³-hybridized carbons (Fsp3) is 0.571. The van der Waals surface area contributed by atoms with Gasteiger partial charge in [0, 0.05) is 18.6 Å². The lowest BCUT2D eigenvalue weighted by Crippen LogP contribution is -2.47. The molecule has 0 unspecified atom stereocenters. The van der Waals surface area contributed by atoms with Gasteiger partial charge >= 0.3 is 0 Å². The Morgan fingerprint density at radius 2 is 2.06 bits per heavy atom. The molecule has 0 radical (unpaired) electrons. The number of likely N-dealkylation sites (N-methyl/N-ethyl adjacent to an activating group) is 2. The SMILES string of the molecule is CNCC(C)(C)N(C)Cc1ccc(OC)c(Br)c1. The average molecular weight is 315 g/mol. The van der Waals surface area contributed by atoms with Crippen LogP contribution in [0.25, 0.3) is 0 Å². The molecule has 4 heteroatoms. The minimum Gasteiger partial charge on any atom is -0.496 e. The molecule has 3 nitrogen and oxygen atoms in total. The van der Waals surface area contributed by atoms with Crippen LogP contribution in [0.1, 0.15) is 19.4 Å². The lowest BCUT2D eigenvalue weighted by Gasteiger charge is -2.35. The Hall–Kier alpha value is -0.580. The van der Waals surface area contributed by atoms with Crippen molar-refractivity contribution in [3.8, 4) is 5.75 Å². The summed E-state index contributed by atoms with van der Waals surface area (Å²) in [6, 6.07) is 6.22. The van der Waals surface area contributed by atoms with Crippen molar-refractivity contribution in [2.24, 2.45) is 0 Å². The third kappa shape index (κ3) is 3.97. The minimum absolute atomic E-state index is 0.126. The molecule has 18 heavy (non-hydrogen) atoms. The highest BCUT2D eigenvalue weighted by molar-refractivity contribution is 9.10. The lowest BCUT2D eigenvalue weighted by molar-refractivity contribution is 0.147. The Balaban J connectivity index is 2.76. The van der Waals surface area contributed by atoms with E-state index in [-0.39, 0.29) is 5.54 Å². The summed E-state index contributed by atoms with van der Waals surface area (Å²) in [6.07, 6.45) is 0. The maximum atomic E-state index is 5.24. The van der Waals surface area contributed by atoms with Gasteiger partial charge in [-0.2, -0.15) is 0 Å². The van der Waals surface area contributed by atoms with Crippen LogP contribution in [0, 0.1) is 0 Å². The van der Waals surface area contributed by atoms with Gasteiger partial charge in [-0.05, 0) is 61.6 Å². The van der Waals surface area contributed by atoms with Gasteiger partial charge in [0.15, 0.2) is 0 Å². The number of hydrogen-bond acceptors (Lipinski definition) is 3. The Morgan fingerprint density at radius 1 is 1.39 bits per heavy atom. The number of halogens is 1. The number of methoxy groups -OCH3 is 1. The Bertz CT molecular complexity index is 393. The first kappa shape index (κ1) is 15.5.